The van der Waals surface area contributed by atoms with Gasteiger partial charge in [-0.25, -0.2) is 9.59 Å². The maximum Gasteiger partial charge on any atom is 0.338 e. The first-order chi connectivity index (χ1) is 27.3. The maximum absolute atomic E-state index is 12.5. The van der Waals surface area contributed by atoms with Gasteiger partial charge in [0, 0.05) is 33.1 Å². The molecule has 0 aliphatic carbocycles. The van der Waals surface area contributed by atoms with E-state index in [4.69, 9.17) is 9.47 Å². The van der Waals surface area contributed by atoms with Crippen LogP contribution in [-0.2, 0) is 31.1 Å². The first kappa shape index (κ1) is 52.4. The van der Waals surface area contributed by atoms with Crippen molar-refractivity contribution in [1.82, 2.24) is 0 Å². The number of unbranched alkanes of at least 4 members (excludes halogenated alkanes) is 26. The van der Waals surface area contributed by atoms with Gasteiger partial charge in [0.25, 0.3) is 0 Å². The quantitative estimate of drug-likeness (QED) is 0.0495. The van der Waals surface area contributed by atoms with Gasteiger partial charge in [0.2, 0.25) is 0 Å². The molecule has 0 fully saturated rings. The monoisotopic (exact) mass is 827 g/mol. The van der Waals surface area contributed by atoms with Crippen LogP contribution in [0.1, 0.15) is 214 Å². The Kier molecular flexibility index (Phi) is 35.2. The lowest BCUT2D eigenvalue weighted by Gasteiger charge is -2.12. The summed E-state index contributed by atoms with van der Waals surface area (Å²) in [6.07, 6.45) is 33.4. The van der Waals surface area contributed by atoms with Crippen molar-refractivity contribution in [3.63, 3.8) is 0 Å². The van der Waals surface area contributed by atoms with Crippen molar-refractivity contribution in [2.45, 2.75) is 206 Å². The van der Waals surface area contributed by atoms with E-state index in [0.29, 0.717) is 11.5 Å². The van der Waals surface area contributed by atoms with Crippen LogP contribution in [0.5, 0.6) is 0 Å². The van der Waals surface area contributed by atoms with Crippen molar-refractivity contribution in [3.05, 3.63) is 35.4 Å². The highest BCUT2D eigenvalue weighted by atomic mass is 32.2. The Hall–Kier alpha value is -1.62. The second kappa shape index (κ2) is 37.6. The van der Waals surface area contributed by atoms with Crippen LogP contribution >= 0.6 is 0 Å². The first-order valence-electron chi connectivity index (χ1n) is 22.8. The Morgan fingerprint density at radius 1 is 0.446 bits per heavy atom. The minimum absolute atomic E-state index is 0.0649. The second-order valence-electron chi connectivity index (χ2n) is 15.9. The fraction of sp³-hybridized carbons (Fsp3) is 0.826. The van der Waals surface area contributed by atoms with Gasteiger partial charge < -0.3 is 19.7 Å². The van der Waals surface area contributed by atoms with Crippen LogP contribution in [0, 0.1) is 0 Å². The Balaban J connectivity index is 2.08. The number of hydrogen-bond acceptors (Lipinski definition) is 8. The number of aliphatic hydroxyl groups is 2. The maximum atomic E-state index is 12.5. The third kappa shape index (κ3) is 31.4. The van der Waals surface area contributed by atoms with Crippen molar-refractivity contribution in [2.75, 3.05) is 36.2 Å². The van der Waals surface area contributed by atoms with E-state index in [1.165, 1.54) is 166 Å². The van der Waals surface area contributed by atoms with E-state index in [2.05, 4.69) is 13.8 Å². The summed E-state index contributed by atoms with van der Waals surface area (Å²) in [5, 5.41) is 20.5. The predicted molar refractivity (Wildman–Crippen MR) is 235 cm³/mol. The zero-order valence-electron chi connectivity index (χ0n) is 35.7. The molecule has 0 aliphatic heterocycles. The zero-order valence-corrected chi connectivity index (χ0v) is 37.3. The van der Waals surface area contributed by atoms with Crippen LogP contribution in [-0.4, -0.2) is 79.0 Å². The van der Waals surface area contributed by atoms with Crippen molar-refractivity contribution >= 4 is 33.5 Å². The Bertz CT molecular complexity index is 1040. The molecule has 1 aromatic rings. The van der Waals surface area contributed by atoms with Crippen molar-refractivity contribution in [1.29, 1.82) is 0 Å². The van der Waals surface area contributed by atoms with Crippen LogP contribution in [0.15, 0.2) is 24.3 Å². The number of benzene rings is 1. The minimum atomic E-state index is -1.18. The lowest BCUT2D eigenvalue weighted by molar-refractivity contribution is 0.0295. The molecule has 8 nitrogen and oxygen atoms in total. The van der Waals surface area contributed by atoms with E-state index >= 15 is 0 Å². The Labute approximate surface area is 347 Å². The highest BCUT2D eigenvalue weighted by Gasteiger charge is 2.17. The summed E-state index contributed by atoms with van der Waals surface area (Å²) >= 11 is 0. The molecule has 1 aromatic carbocycles. The largest absolute Gasteiger partial charge is 0.459 e. The topological polar surface area (TPSA) is 127 Å². The second-order valence-corrected chi connectivity index (χ2v) is 19.1. The summed E-state index contributed by atoms with van der Waals surface area (Å²) in [5.41, 5.74) is 0.410. The first-order valence-corrected chi connectivity index (χ1v) is 25.7. The molecule has 10 heteroatoms. The molecular formula is C46H82O8S2. The van der Waals surface area contributed by atoms with E-state index in [1.54, 1.807) is 0 Å². The van der Waals surface area contributed by atoms with Gasteiger partial charge in [-0.2, -0.15) is 0 Å². The number of carbonyl (C=O) groups is 2. The Morgan fingerprint density at radius 3 is 0.929 bits per heavy atom. The average molecular weight is 827 g/mol. The highest BCUT2D eigenvalue weighted by molar-refractivity contribution is 7.85. The fourth-order valence-corrected chi connectivity index (χ4v) is 9.30. The predicted octanol–water partition coefficient (Wildman–Crippen LogP) is 11.2. The number of carbonyl (C=O) groups excluding carboxylic acids is 2. The number of hydrogen-bond donors (Lipinski definition) is 2. The van der Waals surface area contributed by atoms with Gasteiger partial charge in [0.15, 0.2) is 0 Å². The highest BCUT2D eigenvalue weighted by Crippen LogP contribution is 2.15. The lowest BCUT2D eigenvalue weighted by atomic mass is 10.0. The van der Waals surface area contributed by atoms with E-state index in [0.717, 1.165) is 38.5 Å². The standard InChI is InChI=1S/C46H82O8S2/c1-3-5-7-9-11-13-15-17-19-21-23-25-27-29-35-55(51)39-43(47)37-53-45(49)41-31-33-42(34-32-41)46(50)54-38-44(48)40-56(52)36-30-28-26-24-22-20-18-16-14-12-10-8-6-4-2/h31-34,43-44,47-48H,3-30,35-40H2,1-2H3/t43-,44+,55-,56-/m0/s1. The molecule has 0 bridgehead atoms. The molecule has 326 valence electrons. The van der Waals surface area contributed by atoms with Gasteiger partial charge in [-0.3, -0.25) is 8.42 Å². The molecule has 4 atom stereocenters. The van der Waals surface area contributed by atoms with Gasteiger partial charge in [0.05, 0.1) is 34.8 Å². The lowest BCUT2D eigenvalue weighted by Crippen LogP contribution is -2.26. The van der Waals surface area contributed by atoms with E-state index in [9.17, 15) is 28.2 Å². The van der Waals surface area contributed by atoms with Crippen LogP contribution in [0.3, 0.4) is 0 Å². The molecule has 0 saturated carbocycles. The van der Waals surface area contributed by atoms with Gasteiger partial charge >= 0.3 is 11.9 Å². The molecule has 1 rings (SSSR count). The summed E-state index contributed by atoms with van der Waals surface area (Å²) in [7, 11) is -2.35. The number of esters is 2. The molecule has 0 aromatic heterocycles. The molecule has 0 aliphatic rings. The molecule has 2 N–H and O–H groups in total. The van der Waals surface area contributed by atoms with Crippen molar-refractivity contribution in [3.8, 4) is 0 Å². The van der Waals surface area contributed by atoms with Gasteiger partial charge in [0.1, 0.15) is 13.2 Å². The van der Waals surface area contributed by atoms with Crippen LogP contribution < -0.4 is 0 Å². The molecule has 0 spiro atoms. The van der Waals surface area contributed by atoms with E-state index in [-0.39, 0.29) is 35.8 Å². The zero-order chi connectivity index (χ0) is 40.9. The summed E-state index contributed by atoms with van der Waals surface area (Å²) in [5.74, 6) is -0.105. The average Bonchev–Trinajstić information content (AvgIpc) is 3.19. The SMILES string of the molecule is CCCCCCCCCCCCCCCC[S@](=O)C[C@H](O)COC(=O)c1ccc(C(=O)OC[C@H](O)C[S@@](=O)CCCCCCCCCCCCCCCC)cc1. The smallest absolute Gasteiger partial charge is 0.338 e. The normalized spacial score (nSPS) is 13.6. The molecular weight excluding hydrogens is 745 g/mol. The summed E-state index contributed by atoms with van der Waals surface area (Å²) < 4.78 is 35.2. The molecule has 56 heavy (non-hydrogen) atoms. The van der Waals surface area contributed by atoms with Crippen LogP contribution in [0.4, 0.5) is 0 Å². The Morgan fingerprint density at radius 2 is 0.679 bits per heavy atom. The molecule has 0 heterocycles. The summed E-state index contributed by atoms with van der Waals surface area (Å²) in [6, 6.07) is 5.73. The van der Waals surface area contributed by atoms with Crippen LogP contribution in [0.25, 0.3) is 0 Å². The van der Waals surface area contributed by atoms with Crippen molar-refractivity contribution < 1.29 is 37.7 Å². The number of ether oxygens (including phenoxy) is 2. The van der Waals surface area contributed by atoms with Crippen molar-refractivity contribution in [2.24, 2.45) is 0 Å². The van der Waals surface area contributed by atoms with Crippen LogP contribution in [0.2, 0.25) is 0 Å². The minimum Gasteiger partial charge on any atom is -0.459 e. The molecule has 0 unspecified atom stereocenters. The molecule has 0 saturated heterocycles. The molecule has 0 amide bonds. The fourth-order valence-electron chi connectivity index (χ4n) is 6.86. The van der Waals surface area contributed by atoms with Gasteiger partial charge in [-0.15, -0.1) is 0 Å². The summed E-state index contributed by atoms with van der Waals surface area (Å²) in [6.45, 7) is 3.99. The van der Waals surface area contributed by atoms with E-state index in [1.807, 2.05) is 0 Å². The van der Waals surface area contributed by atoms with E-state index < -0.39 is 45.7 Å². The third-order valence-electron chi connectivity index (χ3n) is 10.4. The third-order valence-corrected chi connectivity index (χ3v) is 13.4. The number of rotatable bonds is 40. The summed E-state index contributed by atoms with van der Waals surface area (Å²) in [4.78, 5) is 25.0. The number of aliphatic hydroxyl groups excluding tert-OH is 2. The van der Waals surface area contributed by atoms with Gasteiger partial charge in [-0.1, -0.05) is 181 Å². The van der Waals surface area contributed by atoms with Gasteiger partial charge in [-0.05, 0) is 37.1 Å². The molecule has 0 radical (unpaired) electrons.